The molecule has 0 saturated carbocycles. The van der Waals surface area contributed by atoms with Gasteiger partial charge in [0.05, 0.1) is 0 Å². The molecular weight excluding hydrogens is 208 g/mol. The molecule has 2 aromatic rings. The van der Waals surface area contributed by atoms with Crippen LogP contribution in [-0.4, -0.2) is 33.5 Å². The minimum atomic E-state index is -2.57. The zero-order chi connectivity index (χ0) is 8.72. The highest BCUT2D eigenvalue weighted by Gasteiger charge is 2.23. The lowest BCUT2D eigenvalue weighted by molar-refractivity contribution is 0.00837. The first-order valence-electron chi connectivity index (χ1n) is 2.61. The maximum absolute atomic E-state index is 10.8. The first kappa shape index (κ1) is 7.17. The molecule has 0 spiro atoms. The van der Waals surface area contributed by atoms with Gasteiger partial charge in [0.15, 0.2) is 0 Å². The highest BCUT2D eigenvalue weighted by Crippen LogP contribution is 1.94. The molecule has 0 amide bonds. The summed E-state index contributed by atoms with van der Waals surface area (Å²) in [5.41, 5.74) is 0. The van der Waals surface area contributed by atoms with Crippen LogP contribution in [0, 0.1) is 0 Å². The van der Waals surface area contributed by atoms with Crippen molar-refractivity contribution in [1.29, 1.82) is 0 Å². The molecular formula is CN2O7Si2. The summed E-state index contributed by atoms with van der Waals surface area (Å²) in [4.78, 5) is 11.4. The summed E-state index contributed by atoms with van der Waals surface area (Å²) in [6.07, 6.45) is 0. The molecule has 2 heterocycles. The highest BCUT2D eigenvalue weighted by molar-refractivity contribution is 6.15. The molecule has 0 aliphatic rings. The van der Waals surface area contributed by atoms with Crippen LogP contribution in [0.15, 0.2) is 16.8 Å². The van der Waals surface area contributed by atoms with E-state index in [2.05, 4.69) is 16.8 Å². The van der Waals surface area contributed by atoms with Crippen molar-refractivity contribution < 1.29 is 30.5 Å². The Morgan fingerprint density at radius 2 is 1.25 bits per heavy atom. The van der Waals surface area contributed by atoms with E-state index in [4.69, 9.17) is 0 Å². The molecule has 0 unspecified atom stereocenters. The fraction of sp³-hybridized carbons (Fsp3) is 0. The van der Waals surface area contributed by atoms with Crippen molar-refractivity contribution in [2.75, 3.05) is 0 Å². The van der Waals surface area contributed by atoms with Gasteiger partial charge in [-0.1, -0.05) is 0 Å². The van der Waals surface area contributed by atoms with E-state index >= 15 is 0 Å². The molecule has 0 saturated heterocycles. The van der Waals surface area contributed by atoms with E-state index in [0.717, 1.165) is 0 Å². The lowest BCUT2D eigenvalue weighted by Crippen LogP contribution is -2.26. The maximum Gasteiger partial charge on any atom is 0.825 e. The zero-order valence-corrected chi connectivity index (χ0v) is 7.25. The van der Waals surface area contributed by atoms with Gasteiger partial charge in [-0.25, -0.2) is 4.79 Å². The van der Waals surface area contributed by atoms with Crippen LogP contribution in [0.3, 0.4) is 0 Å². The van der Waals surface area contributed by atoms with Crippen molar-refractivity contribution in [3.63, 3.8) is 0 Å². The third kappa shape index (κ3) is 0.945. The molecule has 0 fully saturated rings. The third-order valence-electron chi connectivity index (χ3n) is 0.942. The smallest absolute Gasteiger partial charge is 0.334 e. The van der Waals surface area contributed by atoms with E-state index in [1.165, 1.54) is 0 Å². The molecule has 9 nitrogen and oxygen atoms in total. The summed E-state index contributed by atoms with van der Waals surface area (Å²) in [5, 5.41) is 0. The number of hydrogen-bond donors (Lipinski definition) is 0. The Balaban J connectivity index is 2.27. The average molecular weight is 208 g/mol. The summed E-state index contributed by atoms with van der Waals surface area (Å²) >= 11 is 0. The minimum Gasteiger partial charge on any atom is -0.334 e. The SMILES string of the molecule is O=C(n1o[si](=O)o1)n1o[si](=O)o1. The van der Waals surface area contributed by atoms with Crippen molar-refractivity contribution in [2.45, 2.75) is 0 Å². The molecule has 0 aliphatic carbocycles. The molecule has 0 aliphatic heterocycles. The van der Waals surface area contributed by atoms with Gasteiger partial charge < -0.3 is 16.8 Å². The summed E-state index contributed by atoms with van der Waals surface area (Å²) in [5.74, 6) is 0. The molecule has 0 N–H and O–H groups in total. The molecule has 0 bridgehead atoms. The van der Waals surface area contributed by atoms with Crippen LogP contribution in [0.1, 0.15) is 0 Å². The Bertz CT molecular complexity index is 423. The fourth-order valence-corrected chi connectivity index (χ4v) is 1.39. The number of rotatable bonds is 0. The minimum absolute atomic E-state index is 0.301. The van der Waals surface area contributed by atoms with Crippen molar-refractivity contribution >= 4 is 23.6 Å². The Morgan fingerprint density at radius 3 is 1.50 bits per heavy atom. The van der Waals surface area contributed by atoms with Crippen molar-refractivity contribution in [2.24, 2.45) is 0 Å². The van der Waals surface area contributed by atoms with Crippen molar-refractivity contribution in [3.8, 4) is 0 Å². The van der Waals surface area contributed by atoms with Crippen LogP contribution in [0.25, 0.3) is 0 Å². The first-order chi connectivity index (χ1) is 5.66. The van der Waals surface area contributed by atoms with E-state index in [1.807, 2.05) is 0 Å². The van der Waals surface area contributed by atoms with Gasteiger partial charge in [-0.15, -0.1) is 0 Å². The second-order valence-electron chi connectivity index (χ2n) is 1.66. The number of nitrogens with zero attached hydrogens (tertiary/aromatic N) is 2. The van der Waals surface area contributed by atoms with Crippen LogP contribution in [0.4, 0.5) is 4.79 Å². The second kappa shape index (κ2) is 2.24. The van der Waals surface area contributed by atoms with Gasteiger partial charge in [-0.3, -0.25) is 8.92 Å². The zero-order valence-electron chi connectivity index (χ0n) is 5.25. The van der Waals surface area contributed by atoms with Crippen molar-refractivity contribution in [1.82, 2.24) is 9.82 Å². The Morgan fingerprint density at radius 1 is 0.917 bits per heavy atom. The summed E-state index contributed by atoms with van der Waals surface area (Å²) in [6.45, 7) is 0. The fourth-order valence-electron chi connectivity index (χ4n) is 0.507. The number of carbonyl (C=O) groups is 1. The predicted molar refractivity (Wildman–Crippen MR) is 27.0 cm³/mol. The van der Waals surface area contributed by atoms with E-state index in [-0.39, 0.29) is 0 Å². The van der Waals surface area contributed by atoms with Gasteiger partial charge in [0.25, 0.3) is 0 Å². The summed E-state index contributed by atoms with van der Waals surface area (Å²) in [6, 6.07) is -0.982. The normalized spacial score (nSPS) is 10.7. The van der Waals surface area contributed by atoms with Gasteiger partial charge >= 0.3 is 23.6 Å². The summed E-state index contributed by atoms with van der Waals surface area (Å²) < 4.78 is 37.2. The standard InChI is InChI=1S/CN2O7Si2/c4-1(2-7-11(5)8-2)3-9-12(6)10-3. The quantitative estimate of drug-likeness (QED) is 0.519. The summed E-state index contributed by atoms with van der Waals surface area (Å²) in [7, 11) is -5.14. The third-order valence-corrected chi connectivity index (χ3v) is 2.20. The van der Waals surface area contributed by atoms with Crippen LogP contribution < -0.4 is 0 Å². The van der Waals surface area contributed by atoms with Crippen molar-refractivity contribution in [3.05, 3.63) is 0 Å². The van der Waals surface area contributed by atoms with Gasteiger partial charge in [-0.2, -0.15) is 0 Å². The average Bonchev–Trinajstić information content (AvgIpc) is 1.91. The van der Waals surface area contributed by atoms with E-state index < -0.39 is 23.6 Å². The van der Waals surface area contributed by atoms with Crippen LogP contribution in [-0.2, 0) is 8.92 Å². The van der Waals surface area contributed by atoms with Gasteiger partial charge in [0, 0.05) is 9.82 Å². The lowest BCUT2D eigenvalue weighted by atomic mass is 11.1. The topological polar surface area (TPSA) is 114 Å². The number of hydrogen-bond acceptors (Lipinski definition) is 7. The Kier molecular flexibility index (Phi) is 1.34. The molecule has 2 aromatic heterocycles. The molecule has 0 atom stereocenters. The second-order valence-corrected chi connectivity index (χ2v) is 3.39. The van der Waals surface area contributed by atoms with Gasteiger partial charge in [0.2, 0.25) is 0 Å². The lowest BCUT2D eigenvalue weighted by Gasteiger charge is -2.03. The van der Waals surface area contributed by atoms with Gasteiger partial charge in [-0.05, 0) is 0 Å². The predicted octanol–water partition coefficient (Wildman–Crippen LogP) is -0.821. The van der Waals surface area contributed by atoms with Crippen LogP contribution in [0.5, 0.6) is 0 Å². The van der Waals surface area contributed by atoms with E-state index in [1.54, 1.807) is 0 Å². The monoisotopic (exact) mass is 208 g/mol. The molecule has 0 aromatic carbocycles. The van der Waals surface area contributed by atoms with Crippen LogP contribution in [0.2, 0.25) is 0 Å². The van der Waals surface area contributed by atoms with Gasteiger partial charge in [0.1, 0.15) is 0 Å². The molecule has 12 heavy (non-hydrogen) atoms. The number of aromatic nitrogens is 2. The number of carbonyl (C=O) groups excluding carboxylic acids is 1. The molecule has 64 valence electrons. The molecule has 0 radical (unpaired) electrons. The largest absolute Gasteiger partial charge is 0.825 e. The van der Waals surface area contributed by atoms with E-state index in [0.29, 0.717) is 9.82 Å². The molecule has 11 heteroatoms. The van der Waals surface area contributed by atoms with E-state index in [9.17, 15) is 13.7 Å². The molecule has 2 rings (SSSR count). The Hall–Kier alpha value is -1.50. The Labute approximate surface area is 64.9 Å². The highest BCUT2D eigenvalue weighted by atomic mass is 28.2. The first-order valence-corrected chi connectivity index (χ1v) is 5.06. The maximum atomic E-state index is 10.8. The van der Waals surface area contributed by atoms with Crippen LogP contribution >= 0.6 is 0 Å².